The quantitative estimate of drug-likeness (QED) is 0.672. The molecule has 2 heteroatoms. The van der Waals surface area contributed by atoms with Crippen LogP contribution in [-0.4, -0.2) is 19.3 Å². The zero-order valence-corrected chi connectivity index (χ0v) is 7.55. The Balaban J connectivity index is 2.22. The van der Waals surface area contributed by atoms with Gasteiger partial charge in [-0.3, -0.25) is 0 Å². The van der Waals surface area contributed by atoms with E-state index in [4.69, 9.17) is 10.5 Å². The first-order valence-corrected chi connectivity index (χ1v) is 4.53. The highest BCUT2D eigenvalue weighted by molar-refractivity contribution is 4.72. The van der Waals surface area contributed by atoms with E-state index < -0.39 is 0 Å². The highest BCUT2D eigenvalue weighted by Gasteiger charge is 2.22. The maximum Gasteiger partial charge on any atom is 0.0497 e. The van der Waals surface area contributed by atoms with Crippen molar-refractivity contribution in [3.05, 3.63) is 0 Å². The van der Waals surface area contributed by atoms with Crippen LogP contribution in [0, 0.1) is 11.8 Å². The van der Waals surface area contributed by atoms with Crippen LogP contribution in [0.15, 0.2) is 0 Å². The molecule has 0 aromatic rings. The van der Waals surface area contributed by atoms with Gasteiger partial charge in [0.25, 0.3) is 0 Å². The zero-order valence-electron chi connectivity index (χ0n) is 7.55. The van der Waals surface area contributed by atoms with Crippen LogP contribution in [0.1, 0.15) is 26.7 Å². The summed E-state index contributed by atoms with van der Waals surface area (Å²) >= 11 is 0. The number of rotatable bonds is 3. The van der Waals surface area contributed by atoms with Gasteiger partial charge in [-0.05, 0) is 31.6 Å². The van der Waals surface area contributed by atoms with Crippen molar-refractivity contribution in [2.75, 3.05) is 13.2 Å². The van der Waals surface area contributed by atoms with E-state index in [2.05, 4.69) is 13.8 Å². The van der Waals surface area contributed by atoms with Gasteiger partial charge in [-0.25, -0.2) is 0 Å². The second-order valence-corrected chi connectivity index (χ2v) is 3.81. The molecule has 0 radical (unpaired) electrons. The maximum absolute atomic E-state index is 5.72. The molecule has 0 amide bonds. The summed E-state index contributed by atoms with van der Waals surface area (Å²) in [6.07, 6.45) is 2.36. The molecule has 0 aromatic heterocycles. The number of hydrogen-bond acceptors (Lipinski definition) is 2. The summed E-state index contributed by atoms with van der Waals surface area (Å²) in [7, 11) is 0. The molecule has 0 bridgehead atoms. The Kier molecular flexibility index (Phi) is 3.34. The third kappa shape index (κ3) is 2.80. The Morgan fingerprint density at radius 1 is 1.55 bits per heavy atom. The molecule has 0 aliphatic carbocycles. The van der Waals surface area contributed by atoms with Crippen LogP contribution in [-0.2, 0) is 4.74 Å². The summed E-state index contributed by atoms with van der Waals surface area (Å²) in [5.74, 6) is 1.50. The zero-order chi connectivity index (χ0) is 8.27. The lowest BCUT2D eigenvalue weighted by Crippen LogP contribution is -2.22. The molecule has 1 saturated heterocycles. The molecular formula is C9H19NO. The average molecular weight is 157 g/mol. The van der Waals surface area contributed by atoms with E-state index in [9.17, 15) is 0 Å². The fourth-order valence-electron chi connectivity index (χ4n) is 1.78. The van der Waals surface area contributed by atoms with Crippen molar-refractivity contribution in [1.29, 1.82) is 0 Å². The standard InChI is InChI=1S/C9H19NO/c1-7(5-8(2)10)9-3-4-11-6-9/h7-9H,3-6,10H2,1-2H3. The van der Waals surface area contributed by atoms with E-state index in [-0.39, 0.29) is 0 Å². The Hall–Kier alpha value is -0.0800. The van der Waals surface area contributed by atoms with Crippen LogP contribution in [0.2, 0.25) is 0 Å². The molecule has 2 N–H and O–H groups in total. The first-order chi connectivity index (χ1) is 5.20. The Morgan fingerprint density at radius 3 is 2.73 bits per heavy atom. The predicted octanol–water partition coefficient (Wildman–Crippen LogP) is 1.40. The normalized spacial score (nSPS) is 30.3. The highest BCUT2D eigenvalue weighted by Crippen LogP contribution is 2.24. The van der Waals surface area contributed by atoms with Crippen LogP contribution in [0.25, 0.3) is 0 Å². The van der Waals surface area contributed by atoms with Gasteiger partial charge < -0.3 is 10.5 Å². The summed E-state index contributed by atoms with van der Waals surface area (Å²) in [4.78, 5) is 0. The summed E-state index contributed by atoms with van der Waals surface area (Å²) in [5, 5.41) is 0. The SMILES string of the molecule is CC(N)CC(C)C1CCOC1. The van der Waals surface area contributed by atoms with Gasteiger partial charge in [-0.15, -0.1) is 0 Å². The Bertz CT molecular complexity index is 108. The van der Waals surface area contributed by atoms with Crippen LogP contribution in [0.3, 0.4) is 0 Å². The second-order valence-electron chi connectivity index (χ2n) is 3.81. The minimum atomic E-state index is 0.339. The third-order valence-corrected chi connectivity index (χ3v) is 2.51. The molecule has 3 atom stereocenters. The molecule has 1 rings (SSSR count). The molecule has 0 spiro atoms. The number of ether oxygens (including phenoxy) is 1. The second kappa shape index (κ2) is 4.07. The summed E-state index contributed by atoms with van der Waals surface area (Å²) < 4.78 is 5.32. The number of hydrogen-bond donors (Lipinski definition) is 1. The monoisotopic (exact) mass is 157 g/mol. The van der Waals surface area contributed by atoms with E-state index in [1.54, 1.807) is 0 Å². The van der Waals surface area contributed by atoms with Crippen LogP contribution in [0.4, 0.5) is 0 Å². The Labute approximate surface area is 69.1 Å². The van der Waals surface area contributed by atoms with Crippen LogP contribution in [0.5, 0.6) is 0 Å². The van der Waals surface area contributed by atoms with Gasteiger partial charge in [-0.1, -0.05) is 6.92 Å². The Morgan fingerprint density at radius 2 is 2.27 bits per heavy atom. The van der Waals surface area contributed by atoms with Crippen LogP contribution < -0.4 is 5.73 Å². The van der Waals surface area contributed by atoms with Gasteiger partial charge in [0.1, 0.15) is 0 Å². The fourth-order valence-corrected chi connectivity index (χ4v) is 1.78. The van der Waals surface area contributed by atoms with Gasteiger partial charge in [0.05, 0.1) is 0 Å². The van der Waals surface area contributed by atoms with E-state index in [1.165, 1.54) is 6.42 Å². The smallest absolute Gasteiger partial charge is 0.0497 e. The fraction of sp³-hybridized carbons (Fsp3) is 1.00. The maximum atomic E-state index is 5.72. The lowest BCUT2D eigenvalue weighted by atomic mass is 9.88. The molecule has 11 heavy (non-hydrogen) atoms. The van der Waals surface area contributed by atoms with Crippen molar-refractivity contribution in [2.24, 2.45) is 17.6 Å². The van der Waals surface area contributed by atoms with Gasteiger partial charge in [0.2, 0.25) is 0 Å². The van der Waals surface area contributed by atoms with Gasteiger partial charge >= 0.3 is 0 Å². The summed E-state index contributed by atoms with van der Waals surface area (Å²) in [6.45, 7) is 6.26. The van der Waals surface area contributed by atoms with Crippen molar-refractivity contribution in [2.45, 2.75) is 32.7 Å². The first-order valence-electron chi connectivity index (χ1n) is 4.53. The van der Waals surface area contributed by atoms with Crippen molar-refractivity contribution < 1.29 is 4.74 Å². The minimum Gasteiger partial charge on any atom is -0.381 e. The molecule has 0 saturated carbocycles. The predicted molar refractivity (Wildman–Crippen MR) is 46.4 cm³/mol. The minimum absolute atomic E-state index is 0.339. The van der Waals surface area contributed by atoms with E-state index in [0.717, 1.165) is 31.5 Å². The molecule has 1 aliphatic rings. The number of nitrogens with two attached hydrogens (primary N) is 1. The molecule has 1 heterocycles. The summed E-state index contributed by atoms with van der Waals surface area (Å²) in [5.41, 5.74) is 5.72. The van der Waals surface area contributed by atoms with Gasteiger partial charge in [0, 0.05) is 19.3 Å². The van der Waals surface area contributed by atoms with E-state index in [1.807, 2.05) is 0 Å². The average Bonchev–Trinajstić information content (AvgIpc) is 2.35. The van der Waals surface area contributed by atoms with Gasteiger partial charge in [-0.2, -0.15) is 0 Å². The van der Waals surface area contributed by atoms with Gasteiger partial charge in [0.15, 0.2) is 0 Å². The third-order valence-electron chi connectivity index (χ3n) is 2.51. The molecule has 1 fully saturated rings. The topological polar surface area (TPSA) is 35.2 Å². The molecule has 3 unspecified atom stereocenters. The van der Waals surface area contributed by atoms with Crippen molar-refractivity contribution in [3.63, 3.8) is 0 Å². The molecule has 0 aromatic carbocycles. The van der Waals surface area contributed by atoms with Crippen molar-refractivity contribution in [1.82, 2.24) is 0 Å². The lowest BCUT2D eigenvalue weighted by Gasteiger charge is -2.18. The van der Waals surface area contributed by atoms with Crippen molar-refractivity contribution >= 4 is 0 Å². The molecule has 2 nitrogen and oxygen atoms in total. The van der Waals surface area contributed by atoms with E-state index >= 15 is 0 Å². The van der Waals surface area contributed by atoms with Crippen LogP contribution >= 0.6 is 0 Å². The summed E-state index contributed by atoms with van der Waals surface area (Å²) in [6, 6.07) is 0.339. The molecule has 66 valence electrons. The molecule has 1 aliphatic heterocycles. The highest BCUT2D eigenvalue weighted by atomic mass is 16.5. The first kappa shape index (κ1) is 9.01. The lowest BCUT2D eigenvalue weighted by molar-refractivity contribution is 0.171. The van der Waals surface area contributed by atoms with Crippen molar-refractivity contribution in [3.8, 4) is 0 Å². The largest absolute Gasteiger partial charge is 0.381 e. The van der Waals surface area contributed by atoms with E-state index in [0.29, 0.717) is 6.04 Å². The molecular weight excluding hydrogens is 138 g/mol.